The molecule has 0 aromatic carbocycles. The zero-order valence-electron chi connectivity index (χ0n) is 8.05. The van der Waals surface area contributed by atoms with Crippen molar-refractivity contribution in [2.75, 3.05) is 5.32 Å². The first kappa shape index (κ1) is 10.0. The van der Waals surface area contributed by atoms with Gasteiger partial charge < -0.3 is 5.32 Å². The van der Waals surface area contributed by atoms with E-state index < -0.39 is 0 Å². The smallest absolute Gasteiger partial charge is 0.222 e. The van der Waals surface area contributed by atoms with E-state index in [9.17, 15) is 0 Å². The molecule has 0 radical (unpaired) electrons. The number of hydrogen-bond donors (Lipinski definition) is 1. The Morgan fingerprint density at radius 1 is 1.40 bits per heavy atom. The molecule has 7 heteroatoms. The lowest BCUT2D eigenvalue weighted by molar-refractivity contribution is 0.713. The lowest BCUT2D eigenvalue weighted by Crippen LogP contribution is -2.03. The van der Waals surface area contributed by atoms with Gasteiger partial charge in [0.05, 0.1) is 11.0 Å². The quantitative estimate of drug-likeness (QED) is 0.899. The second kappa shape index (κ2) is 4.35. The van der Waals surface area contributed by atoms with Crippen molar-refractivity contribution in [2.24, 2.45) is 7.05 Å². The summed E-state index contributed by atoms with van der Waals surface area (Å²) in [5.41, 5.74) is 0.851. The first-order valence-electron chi connectivity index (χ1n) is 4.30. The Morgan fingerprint density at radius 3 is 2.73 bits per heavy atom. The second-order valence-corrected chi connectivity index (χ2v) is 3.88. The fourth-order valence-corrected chi connectivity index (χ4v) is 1.25. The molecule has 78 valence electrons. The van der Waals surface area contributed by atoms with Crippen molar-refractivity contribution < 1.29 is 0 Å². The number of nitrogens with one attached hydrogen (secondary N) is 1. The first-order valence-corrected chi connectivity index (χ1v) is 5.10. The van der Waals surface area contributed by atoms with E-state index in [4.69, 9.17) is 0 Å². The summed E-state index contributed by atoms with van der Waals surface area (Å²) < 4.78 is 2.51. The lowest BCUT2D eigenvalue weighted by Gasteiger charge is -2.00. The molecule has 0 spiro atoms. The molecule has 0 fully saturated rings. The third-order valence-electron chi connectivity index (χ3n) is 1.70. The van der Waals surface area contributed by atoms with Crippen LogP contribution in [0.15, 0.2) is 23.1 Å². The summed E-state index contributed by atoms with van der Waals surface area (Å²) in [5.74, 6) is 0.573. The highest BCUT2D eigenvalue weighted by atomic mass is 79.9. The third kappa shape index (κ3) is 2.72. The van der Waals surface area contributed by atoms with Gasteiger partial charge in [-0.05, 0) is 15.9 Å². The molecule has 6 nitrogen and oxygen atoms in total. The van der Waals surface area contributed by atoms with Crippen molar-refractivity contribution in [3.63, 3.8) is 0 Å². The van der Waals surface area contributed by atoms with E-state index in [1.807, 2.05) is 13.2 Å². The van der Waals surface area contributed by atoms with Crippen LogP contribution in [-0.4, -0.2) is 25.0 Å². The minimum atomic E-state index is 0.565. The Labute approximate surface area is 94.9 Å². The van der Waals surface area contributed by atoms with Gasteiger partial charge >= 0.3 is 0 Å². The number of anilines is 1. The van der Waals surface area contributed by atoms with Crippen LogP contribution in [0, 0.1) is 0 Å². The Hall–Kier alpha value is -1.50. The van der Waals surface area contributed by atoms with Gasteiger partial charge in [-0.2, -0.15) is 0 Å². The maximum Gasteiger partial charge on any atom is 0.222 e. The summed E-state index contributed by atoms with van der Waals surface area (Å²) in [6.07, 6.45) is 5.21. The summed E-state index contributed by atoms with van der Waals surface area (Å²) in [5, 5.41) is 10.8. The number of nitrogens with zero attached hydrogens (tertiary/aromatic N) is 5. The van der Waals surface area contributed by atoms with Crippen LogP contribution in [0.4, 0.5) is 5.95 Å². The molecule has 2 rings (SSSR count). The van der Waals surface area contributed by atoms with Gasteiger partial charge in [0, 0.05) is 25.6 Å². The molecule has 0 aliphatic heterocycles. The van der Waals surface area contributed by atoms with E-state index in [1.165, 1.54) is 0 Å². The van der Waals surface area contributed by atoms with Gasteiger partial charge in [-0.25, -0.2) is 9.97 Å². The molecule has 0 bridgehead atoms. The highest BCUT2D eigenvalue weighted by molar-refractivity contribution is 9.10. The molecule has 0 unspecified atom stereocenters. The third-order valence-corrected chi connectivity index (χ3v) is 2.11. The van der Waals surface area contributed by atoms with Crippen LogP contribution in [0.5, 0.6) is 0 Å². The van der Waals surface area contributed by atoms with Gasteiger partial charge in [0.15, 0.2) is 0 Å². The normalized spacial score (nSPS) is 10.3. The molecule has 0 saturated heterocycles. The summed E-state index contributed by atoms with van der Waals surface area (Å²) in [4.78, 5) is 8.15. The Bertz CT molecular complexity index is 437. The first-order chi connectivity index (χ1) is 7.24. The van der Waals surface area contributed by atoms with Crippen LogP contribution in [0.2, 0.25) is 0 Å². The molecule has 0 aliphatic carbocycles. The van der Waals surface area contributed by atoms with E-state index in [0.717, 1.165) is 10.2 Å². The minimum Gasteiger partial charge on any atom is -0.348 e. The van der Waals surface area contributed by atoms with Crippen molar-refractivity contribution >= 4 is 21.9 Å². The largest absolute Gasteiger partial charge is 0.348 e. The number of rotatable bonds is 3. The van der Waals surface area contributed by atoms with Crippen LogP contribution in [0.25, 0.3) is 0 Å². The van der Waals surface area contributed by atoms with Crippen LogP contribution < -0.4 is 5.32 Å². The molecule has 2 aromatic heterocycles. The molecule has 15 heavy (non-hydrogen) atoms. The molecule has 0 amide bonds. The van der Waals surface area contributed by atoms with Crippen LogP contribution in [0.3, 0.4) is 0 Å². The van der Waals surface area contributed by atoms with Gasteiger partial charge in [-0.3, -0.25) is 4.68 Å². The van der Waals surface area contributed by atoms with E-state index in [1.54, 1.807) is 17.1 Å². The fraction of sp³-hybridized carbons (Fsp3) is 0.250. The molecule has 2 heterocycles. The highest BCUT2D eigenvalue weighted by Gasteiger charge is 1.99. The molecule has 2 aromatic rings. The van der Waals surface area contributed by atoms with E-state index in [0.29, 0.717) is 12.5 Å². The lowest BCUT2D eigenvalue weighted by atomic mass is 10.5. The summed E-state index contributed by atoms with van der Waals surface area (Å²) in [6.45, 7) is 0.565. The Morgan fingerprint density at radius 2 is 2.13 bits per heavy atom. The van der Waals surface area contributed by atoms with Gasteiger partial charge in [-0.1, -0.05) is 5.21 Å². The van der Waals surface area contributed by atoms with E-state index in [2.05, 4.69) is 41.5 Å². The molecule has 0 atom stereocenters. The fourth-order valence-electron chi connectivity index (χ4n) is 1.05. The van der Waals surface area contributed by atoms with Crippen LogP contribution >= 0.6 is 15.9 Å². The van der Waals surface area contributed by atoms with Gasteiger partial charge in [0.25, 0.3) is 0 Å². The standard InChI is InChI=1S/C8H9BrN6/c1-15-5-7(13-14-15)4-12-8-10-2-6(9)3-11-8/h2-3,5H,4H2,1H3,(H,10,11,12). The molecule has 1 N–H and O–H groups in total. The zero-order valence-corrected chi connectivity index (χ0v) is 9.64. The molecular formula is C8H9BrN6. The molecular weight excluding hydrogens is 260 g/mol. The number of aromatic nitrogens is 5. The summed E-state index contributed by atoms with van der Waals surface area (Å²) in [7, 11) is 1.83. The second-order valence-electron chi connectivity index (χ2n) is 2.96. The zero-order chi connectivity index (χ0) is 10.7. The van der Waals surface area contributed by atoms with Gasteiger partial charge in [-0.15, -0.1) is 5.10 Å². The van der Waals surface area contributed by atoms with E-state index >= 15 is 0 Å². The number of hydrogen-bond acceptors (Lipinski definition) is 5. The van der Waals surface area contributed by atoms with Crippen molar-refractivity contribution in [1.29, 1.82) is 0 Å². The SMILES string of the molecule is Cn1cc(CNc2ncc(Br)cn2)nn1. The van der Waals surface area contributed by atoms with Crippen molar-refractivity contribution in [2.45, 2.75) is 6.54 Å². The number of aryl methyl sites for hydroxylation is 1. The molecule has 0 saturated carbocycles. The van der Waals surface area contributed by atoms with Crippen LogP contribution in [-0.2, 0) is 13.6 Å². The molecule has 0 aliphatic rings. The Kier molecular flexibility index (Phi) is 2.91. The monoisotopic (exact) mass is 268 g/mol. The highest BCUT2D eigenvalue weighted by Crippen LogP contribution is 2.07. The predicted octanol–water partition coefficient (Wildman–Crippen LogP) is 0.980. The van der Waals surface area contributed by atoms with E-state index in [-0.39, 0.29) is 0 Å². The average Bonchev–Trinajstić information content (AvgIpc) is 2.64. The minimum absolute atomic E-state index is 0.565. The van der Waals surface area contributed by atoms with Crippen LogP contribution in [0.1, 0.15) is 5.69 Å². The Balaban J connectivity index is 1.96. The van der Waals surface area contributed by atoms with Gasteiger partial charge in [0.1, 0.15) is 5.69 Å². The van der Waals surface area contributed by atoms with Crippen molar-refractivity contribution in [1.82, 2.24) is 25.0 Å². The summed E-state index contributed by atoms with van der Waals surface area (Å²) in [6, 6.07) is 0. The van der Waals surface area contributed by atoms with Crippen molar-refractivity contribution in [3.8, 4) is 0 Å². The average molecular weight is 269 g/mol. The summed E-state index contributed by atoms with van der Waals surface area (Å²) >= 11 is 3.27. The maximum absolute atomic E-state index is 4.08. The van der Waals surface area contributed by atoms with Crippen molar-refractivity contribution in [3.05, 3.63) is 28.8 Å². The predicted molar refractivity (Wildman–Crippen MR) is 58.1 cm³/mol. The maximum atomic E-state index is 4.08. The van der Waals surface area contributed by atoms with Gasteiger partial charge in [0.2, 0.25) is 5.95 Å². The number of halogens is 1. The topological polar surface area (TPSA) is 68.5 Å².